The first-order valence-corrected chi connectivity index (χ1v) is 6.33. The third kappa shape index (κ3) is 2.66. The van der Waals surface area contributed by atoms with Crippen LogP contribution in [0.4, 0.5) is 4.39 Å². The van der Waals surface area contributed by atoms with Crippen LogP contribution in [-0.4, -0.2) is 0 Å². The van der Waals surface area contributed by atoms with Crippen molar-refractivity contribution in [2.45, 2.75) is 13.0 Å². The fourth-order valence-corrected chi connectivity index (χ4v) is 2.63. The van der Waals surface area contributed by atoms with Crippen molar-refractivity contribution < 1.29 is 4.39 Å². The van der Waals surface area contributed by atoms with Gasteiger partial charge in [0.1, 0.15) is 5.82 Å². The molecule has 0 bridgehead atoms. The Labute approximate surface area is 108 Å². The number of benzene rings is 1. The van der Waals surface area contributed by atoms with Crippen LogP contribution >= 0.6 is 22.9 Å². The predicted octanol–water partition coefficient (Wildman–Crippen LogP) is 3.40. The van der Waals surface area contributed by atoms with Crippen LogP contribution in [0.3, 0.4) is 0 Å². The summed E-state index contributed by atoms with van der Waals surface area (Å²) in [5.41, 5.74) is 4.02. The van der Waals surface area contributed by atoms with Gasteiger partial charge in [-0.1, -0.05) is 11.6 Å². The zero-order chi connectivity index (χ0) is 12.4. The quantitative estimate of drug-likeness (QED) is 0.663. The molecular weight excluding hydrogens is 259 g/mol. The van der Waals surface area contributed by atoms with Crippen molar-refractivity contribution in [3.8, 4) is 0 Å². The SMILES string of the molecule is Cc1cc(C(NN)c2cc(Cl)ccc2F)cs1. The second kappa shape index (κ2) is 5.14. The van der Waals surface area contributed by atoms with Gasteiger partial charge in [-0.25, -0.2) is 9.82 Å². The Bertz CT molecular complexity index is 527. The van der Waals surface area contributed by atoms with E-state index in [1.807, 2.05) is 18.4 Å². The van der Waals surface area contributed by atoms with Gasteiger partial charge in [0.05, 0.1) is 6.04 Å². The van der Waals surface area contributed by atoms with E-state index in [1.54, 1.807) is 17.4 Å². The first-order valence-electron chi connectivity index (χ1n) is 5.08. The maximum atomic E-state index is 13.7. The normalized spacial score (nSPS) is 12.7. The maximum Gasteiger partial charge on any atom is 0.128 e. The molecule has 0 radical (unpaired) electrons. The van der Waals surface area contributed by atoms with E-state index in [9.17, 15) is 4.39 Å². The van der Waals surface area contributed by atoms with E-state index < -0.39 is 0 Å². The van der Waals surface area contributed by atoms with Crippen LogP contribution in [0.2, 0.25) is 5.02 Å². The molecule has 1 atom stereocenters. The van der Waals surface area contributed by atoms with Gasteiger partial charge in [-0.2, -0.15) is 0 Å². The Morgan fingerprint density at radius 1 is 1.41 bits per heavy atom. The summed E-state index contributed by atoms with van der Waals surface area (Å²) in [6.07, 6.45) is 0. The van der Waals surface area contributed by atoms with E-state index in [-0.39, 0.29) is 11.9 Å². The smallest absolute Gasteiger partial charge is 0.128 e. The van der Waals surface area contributed by atoms with Crippen molar-refractivity contribution in [2.75, 3.05) is 0 Å². The van der Waals surface area contributed by atoms with Crippen LogP contribution in [0.15, 0.2) is 29.6 Å². The summed E-state index contributed by atoms with van der Waals surface area (Å²) < 4.78 is 13.7. The highest BCUT2D eigenvalue weighted by Crippen LogP contribution is 2.29. The van der Waals surface area contributed by atoms with Crippen LogP contribution < -0.4 is 11.3 Å². The number of aryl methyl sites for hydroxylation is 1. The fourth-order valence-electron chi connectivity index (χ4n) is 1.72. The van der Waals surface area contributed by atoms with Crippen molar-refractivity contribution >= 4 is 22.9 Å². The molecule has 0 aliphatic carbocycles. The lowest BCUT2D eigenvalue weighted by molar-refractivity contribution is 0.561. The predicted molar refractivity (Wildman–Crippen MR) is 69.6 cm³/mol. The third-order valence-electron chi connectivity index (χ3n) is 2.52. The first kappa shape index (κ1) is 12.5. The number of hydrazine groups is 1. The standard InChI is InChI=1S/C12H12ClFN2S/c1-7-4-8(6-17-7)12(16-15)10-5-9(13)2-3-11(10)14/h2-6,12,16H,15H2,1H3. The van der Waals surface area contributed by atoms with Gasteiger partial charge in [-0.15, -0.1) is 11.3 Å². The molecule has 1 aromatic heterocycles. The number of nitrogens with one attached hydrogen (secondary N) is 1. The number of thiophene rings is 1. The minimum absolute atomic E-state index is 0.318. The Morgan fingerprint density at radius 3 is 2.76 bits per heavy atom. The largest absolute Gasteiger partial charge is 0.271 e. The number of halogens is 2. The second-order valence-corrected chi connectivity index (χ2v) is 5.31. The molecule has 0 saturated heterocycles. The lowest BCUT2D eigenvalue weighted by Gasteiger charge is -2.16. The number of nitrogens with two attached hydrogens (primary N) is 1. The molecule has 2 rings (SSSR count). The summed E-state index contributed by atoms with van der Waals surface area (Å²) in [5.74, 6) is 5.19. The Balaban J connectivity index is 2.45. The van der Waals surface area contributed by atoms with E-state index in [2.05, 4.69) is 5.43 Å². The molecule has 1 unspecified atom stereocenters. The molecule has 0 aliphatic heterocycles. The van der Waals surface area contributed by atoms with Crippen LogP contribution in [0.5, 0.6) is 0 Å². The summed E-state index contributed by atoms with van der Waals surface area (Å²) in [4.78, 5) is 1.16. The molecule has 90 valence electrons. The number of rotatable bonds is 3. The van der Waals surface area contributed by atoms with Crippen molar-refractivity contribution in [3.05, 3.63) is 56.5 Å². The van der Waals surface area contributed by atoms with Gasteiger partial charge in [0.15, 0.2) is 0 Å². The molecule has 1 heterocycles. The second-order valence-electron chi connectivity index (χ2n) is 3.76. The Kier molecular flexibility index (Phi) is 3.79. The topological polar surface area (TPSA) is 38.0 Å². The molecule has 2 aromatic rings. The van der Waals surface area contributed by atoms with Gasteiger partial charge in [-0.3, -0.25) is 5.84 Å². The van der Waals surface area contributed by atoms with Crippen LogP contribution in [0, 0.1) is 12.7 Å². The molecular formula is C12H12ClFN2S. The summed E-state index contributed by atoms with van der Waals surface area (Å²) in [6, 6.07) is 6.07. The van der Waals surface area contributed by atoms with Crippen LogP contribution in [0.1, 0.15) is 22.0 Å². The molecule has 3 N–H and O–H groups in total. The van der Waals surface area contributed by atoms with E-state index in [0.717, 1.165) is 10.4 Å². The van der Waals surface area contributed by atoms with Crippen LogP contribution in [-0.2, 0) is 0 Å². The molecule has 0 amide bonds. The zero-order valence-electron chi connectivity index (χ0n) is 9.21. The van der Waals surface area contributed by atoms with Gasteiger partial charge in [0.2, 0.25) is 0 Å². The van der Waals surface area contributed by atoms with Gasteiger partial charge in [-0.05, 0) is 42.1 Å². The van der Waals surface area contributed by atoms with Crippen LogP contribution in [0.25, 0.3) is 0 Å². The number of hydrogen-bond donors (Lipinski definition) is 2. The van der Waals surface area contributed by atoms with Crippen molar-refractivity contribution in [2.24, 2.45) is 5.84 Å². The number of hydrogen-bond acceptors (Lipinski definition) is 3. The highest BCUT2D eigenvalue weighted by atomic mass is 35.5. The average molecular weight is 271 g/mol. The molecule has 17 heavy (non-hydrogen) atoms. The molecule has 5 heteroatoms. The van der Waals surface area contributed by atoms with E-state index in [0.29, 0.717) is 10.6 Å². The molecule has 1 aromatic carbocycles. The molecule has 0 spiro atoms. The monoisotopic (exact) mass is 270 g/mol. The van der Waals surface area contributed by atoms with E-state index in [4.69, 9.17) is 17.4 Å². The van der Waals surface area contributed by atoms with Gasteiger partial charge >= 0.3 is 0 Å². The summed E-state index contributed by atoms with van der Waals surface area (Å²) in [7, 11) is 0. The van der Waals surface area contributed by atoms with E-state index >= 15 is 0 Å². The minimum Gasteiger partial charge on any atom is -0.271 e. The summed E-state index contributed by atoms with van der Waals surface area (Å²) >= 11 is 7.48. The Hall–Kier alpha value is -0.940. The minimum atomic E-state index is -0.376. The highest BCUT2D eigenvalue weighted by molar-refractivity contribution is 7.10. The lowest BCUT2D eigenvalue weighted by atomic mass is 10.0. The average Bonchev–Trinajstić information content (AvgIpc) is 2.71. The zero-order valence-corrected chi connectivity index (χ0v) is 10.8. The van der Waals surface area contributed by atoms with E-state index in [1.165, 1.54) is 12.1 Å². The van der Waals surface area contributed by atoms with Gasteiger partial charge < -0.3 is 0 Å². The van der Waals surface area contributed by atoms with Crippen molar-refractivity contribution in [1.29, 1.82) is 0 Å². The summed E-state index contributed by atoms with van der Waals surface area (Å²) in [6.45, 7) is 2.00. The Morgan fingerprint density at radius 2 is 2.18 bits per heavy atom. The van der Waals surface area contributed by atoms with Crippen molar-refractivity contribution in [1.82, 2.24) is 5.43 Å². The fraction of sp³-hybridized carbons (Fsp3) is 0.167. The third-order valence-corrected chi connectivity index (χ3v) is 3.63. The maximum absolute atomic E-state index is 13.7. The van der Waals surface area contributed by atoms with Crippen molar-refractivity contribution in [3.63, 3.8) is 0 Å². The molecule has 0 fully saturated rings. The summed E-state index contributed by atoms with van der Waals surface area (Å²) in [5, 5.41) is 2.45. The molecule has 0 saturated carbocycles. The molecule has 0 aliphatic rings. The van der Waals surface area contributed by atoms with Gasteiger partial charge in [0.25, 0.3) is 0 Å². The van der Waals surface area contributed by atoms with Gasteiger partial charge in [0, 0.05) is 15.5 Å². The first-order chi connectivity index (χ1) is 8.11. The highest BCUT2D eigenvalue weighted by Gasteiger charge is 2.17. The lowest BCUT2D eigenvalue weighted by Crippen LogP contribution is -2.29. The molecule has 2 nitrogen and oxygen atoms in total.